The van der Waals surface area contributed by atoms with Gasteiger partial charge in [0.15, 0.2) is 0 Å². The van der Waals surface area contributed by atoms with Crippen molar-refractivity contribution in [3.05, 3.63) is 46.2 Å². The Morgan fingerprint density at radius 2 is 2.22 bits per heavy atom. The third-order valence-electron chi connectivity index (χ3n) is 2.92. The van der Waals surface area contributed by atoms with Crippen LogP contribution in [0.25, 0.3) is 11.6 Å². The highest BCUT2D eigenvalue weighted by Gasteiger charge is 2.24. The van der Waals surface area contributed by atoms with Gasteiger partial charge in [-0.3, -0.25) is 9.48 Å². The molecule has 1 N–H and O–H groups in total. The molecule has 0 fully saturated rings. The fraction of sp³-hybridized carbons (Fsp3) is 0.0769. The van der Waals surface area contributed by atoms with Gasteiger partial charge >= 0.3 is 0 Å². The van der Waals surface area contributed by atoms with Gasteiger partial charge in [0.05, 0.1) is 11.3 Å². The first-order chi connectivity index (χ1) is 8.65. The molecule has 2 heterocycles. The number of anilines is 1. The first kappa shape index (κ1) is 11.2. The predicted octanol–water partition coefficient (Wildman–Crippen LogP) is 2.68. The summed E-state index contributed by atoms with van der Waals surface area (Å²) < 4.78 is 2.68. The molecule has 4 nitrogen and oxygen atoms in total. The highest BCUT2D eigenvalue weighted by atomic mass is 79.9. The van der Waals surface area contributed by atoms with Crippen molar-refractivity contribution in [2.45, 2.75) is 0 Å². The van der Waals surface area contributed by atoms with Gasteiger partial charge in [-0.15, -0.1) is 0 Å². The molecule has 0 bridgehead atoms. The Morgan fingerprint density at radius 1 is 1.39 bits per heavy atom. The van der Waals surface area contributed by atoms with E-state index in [-0.39, 0.29) is 5.91 Å². The summed E-state index contributed by atoms with van der Waals surface area (Å²) in [6.07, 6.45) is 3.56. The van der Waals surface area contributed by atoms with E-state index in [0.29, 0.717) is 5.57 Å². The minimum Gasteiger partial charge on any atom is -0.321 e. The first-order valence-corrected chi connectivity index (χ1v) is 6.25. The summed E-state index contributed by atoms with van der Waals surface area (Å²) in [6.45, 7) is 0. The van der Waals surface area contributed by atoms with Crippen LogP contribution < -0.4 is 5.32 Å². The minimum absolute atomic E-state index is 0.0794. The van der Waals surface area contributed by atoms with Gasteiger partial charge in [-0.1, -0.05) is 15.9 Å². The zero-order valence-electron chi connectivity index (χ0n) is 9.64. The number of benzene rings is 1. The van der Waals surface area contributed by atoms with E-state index in [0.717, 1.165) is 21.4 Å². The van der Waals surface area contributed by atoms with Gasteiger partial charge in [-0.05, 0) is 30.3 Å². The molecular formula is C13H10BrN3O. The fourth-order valence-corrected chi connectivity index (χ4v) is 2.34. The highest BCUT2D eigenvalue weighted by Crippen LogP contribution is 2.34. The zero-order chi connectivity index (χ0) is 12.7. The highest BCUT2D eigenvalue weighted by molar-refractivity contribution is 9.10. The van der Waals surface area contributed by atoms with Crippen LogP contribution in [-0.4, -0.2) is 15.7 Å². The van der Waals surface area contributed by atoms with Crippen LogP contribution >= 0.6 is 15.9 Å². The molecule has 0 aliphatic carbocycles. The Hall–Kier alpha value is -1.88. The average molecular weight is 304 g/mol. The van der Waals surface area contributed by atoms with Crippen LogP contribution in [0, 0.1) is 0 Å². The molecule has 0 unspecified atom stereocenters. The summed E-state index contributed by atoms with van der Waals surface area (Å²) in [7, 11) is 1.85. The molecule has 18 heavy (non-hydrogen) atoms. The lowest BCUT2D eigenvalue weighted by Crippen LogP contribution is -2.04. The van der Waals surface area contributed by atoms with Crippen LogP contribution in [0.2, 0.25) is 0 Å². The van der Waals surface area contributed by atoms with Crippen molar-refractivity contribution in [1.82, 2.24) is 9.78 Å². The summed E-state index contributed by atoms with van der Waals surface area (Å²) in [4.78, 5) is 12.0. The van der Waals surface area contributed by atoms with Gasteiger partial charge < -0.3 is 5.32 Å². The molecule has 5 heteroatoms. The van der Waals surface area contributed by atoms with Crippen molar-refractivity contribution in [3.8, 4) is 0 Å². The molecule has 0 spiro atoms. The van der Waals surface area contributed by atoms with Crippen molar-refractivity contribution < 1.29 is 4.79 Å². The standard InChI is InChI=1S/C13H10BrN3O/c1-17-9(4-5-15-17)7-11-10-6-8(14)2-3-12(10)16-13(11)18/h2-7H,1H3,(H,16,18). The number of aryl methyl sites for hydroxylation is 1. The summed E-state index contributed by atoms with van der Waals surface area (Å²) in [5, 5.41) is 6.94. The summed E-state index contributed by atoms with van der Waals surface area (Å²) in [6, 6.07) is 7.61. The summed E-state index contributed by atoms with van der Waals surface area (Å²) in [5.41, 5.74) is 3.31. The number of carbonyl (C=O) groups excluding carboxylic acids is 1. The Morgan fingerprint density at radius 3 is 2.94 bits per heavy atom. The maximum absolute atomic E-state index is 12.0. The van der Waals surface area contributed by atoms with Crippen LogP contribution in [0.1, 0.15) is 11.3 Å². The van der Waals surface area contributed by atoms with Crippen molar-refractivity contribution in [1.29, 1.82) is 0 Å². The number of amides is 1. The van der Waals surface area contributed by atoms with Gasteiger partial charge in [0.25, 0.3) is 5.91 Å². The van der Waals surface area contributed by atoms with E-state index in [4.69, 9.17) is 0 Å². The quantitative estimate of drug-likeness (QED) is 0.823. The SMILES string of the molecule is Cn1nccc1C=C1C(=O)Nc2ccc(Br)cc21. The Labute approximate surface area is 112 Å². The number of fused-ring (bicyclic) bond motifs is 1. The Bertz CT molecular complexity index is 673. The second kappa shape index (κ2) is 4.10. The number of aromatic nitrogens is 2. The van der Waals surface area contributed by atoms with Gasteiger partial charge in [0.2, 0.25) is 0 Å². The normalized spacial score (nSPS) is 15.9. The minimum atomic E-state index is -0.0794. The smallest absolute Gasteiger partial charge is 0.256 e. The van der Waals surface area contributed by atoms with Crippen molar-refractivity contribution in [3.63, 3.8) is 0 Å². The maximum Gasteiger partial charge on any atom is 0.256 e. The first-order valence-electron chi connectivity index (χ1n) is 5.46. The molecule has 3 rings (SSSR count). The van der Waals surface area contributed by atoms with Crippen LogP contribution in [0.5, 0.6) is 0 Å². The molecule has 2 aromatic rings. The summed E-state index contributed by atoms with van der Waals surface area (Å²) >= 11 is 3.42. The third kappa shape index (κ3) is 1.76. The molecule has 0 saturated carbocycles. The number of nitrogens with zero attached hydrogens (tertiary/aromatic N) is 2. The largest absolute Gasteiger partial charge is 0.321 e. The number of halogens is 1. The molecule has 0 radical (unpaired) electrons. The molecule has 1 aromatic carbocycles. The topological polar surface area (TPSA) is 46.9 Å². The molecule has 1 aliphatic heterocycles. The van der Waals surface area contributed by atoms with E-state index >= 15 is 0 Å². The number of hydrogen-bond donors (Lipinski definition) is 1. The van der Waals surface area contributed by atoms with E-state index in [1.807, 2.05) is 37.4 Å². The molecule has 1 aromatic heterocycles. The zero-order valence-corrected chi connectivity index (χ0v) is 11.2. The lowest BCUT2D eigenvalue weighted by Gasteiger charge is -2.00. The molecule has 0 atom stereocenters. The second-order valence-electron chi connectivity index (χ2n) is 4.08. The van der Waals surface area contributed by atoms with Gasteiger partial charge in [0, 0.05) is 29.0 Å². The van der Waals surface area contributed by atoms with E-state index in [1.54, 1.807) is 10.9 Å². The number of carbonyl (C=O) groups is 1. The van der Waals surface area contributed by atoms with Crippen LogP contribution in [0.15, 0.2) is 34.9 Å². The van der Waals surface area contributed by atoms with Crippen LogP contribution in [0.3, 0.4) is 0 Å². The lowest BCUT2D eigenvalue weighted by molar-refractivity contribution is -0.110. The van der Waals surface area contributed by atoms with Crippen LogP contribution in [0.4, 0.5) is 5.69 Å². The van der Waals surface area contributed by atoms with Gasteiger partial charge in [-0.25, -0.2) is 0 Å². The third-order valence-corrected chi connectivity index (χ3v) is 3.41. The lowest BCUT2D eigenvalue weighted by atomic mass is 10.1. The predicted molar refractivity (Wildman–Crippen MR) is 73.9 cm³/mol. The van der Waals surface area contributed by atoms with E-state index < -0.39 is 0 Å². The van der Waals surface area contributed by atoms with E-state index in [9.17, 15) is 4.79 Å². The molecule has 1 aliphatic rings. The van der Waals surface area contributed by atoms with Gasteiger partial charge in [0.1, 0.15) is 0 Å². The Kier molecular flexibility index (Phi) is 2.56. The average Bonchev–Trinajstić information content (AvgIpc) is 2.86. The number of hydrogen-bond acceptors (Lipinski definition) is 2. The van der Waals surface area contributed by atoms with Crippen molar-refractivity contribution in [2.24, 2.45) is 7.05 Å². The Balaban J connectivity index is 2.14. The second-order valence-corrected chi connectivity index (χ2v) is 5.00. The molecule has 0 saturated heterocycles. The van der Waals surface area contributed by atoms with Crippen molar-refractivity contribution in [2.75, 3.05) is 5.32 Å². The number of rotatable bonds is 1. The van der Waals surface area contributed by atoms with Crippen molar-refractivity contribution >= 4 is 39.2 Å². The monoisotopic (exact) mass is 303 g/mol. The molecule has 90 valence electrons. The number of nitrogens with one attached hydrogen (secondary N) is 1. The molecule has 1 amide bonds. The maximum atomic E-state index is 12.0. The van der Waals surface area contributed by atoms with E-state index in [2.05, 4.69) is 26.3 Å². The summed E-state index contributed by atoms with van der Waals surface area (Å²) in [5.74, 6) is -0.0794. The fourth-order valence-electron chi connectivity index (χ4n) is 1.98. The van der Waals surface area contributed by atoms with E-state index in [1.165, 1.54) is 0 Å². The molecular weight excluding hydrogens is 294 g/mol. The van der Waals surface area contributed by atoms with Gasteiger partial charge in [-0.2, -0.15) is 5.10 Å². The van der Waals surface area contributed by atoms with Crippen LogP contribution in [-0.2, 0) is 11.8 Å².